The molecule has 1 aliphatic rings. The maximum Gasteiger partial charge on any atom is 0.127 e. The normalized spacial score (nSPS) is 11.8. The lowest BCUT2D eigenvalue weighted by atomic mass is 9.97. The number of benzene rings is 3. The highest BCUT2D eigenvalue weighted by Gasteiger charge is 2.21. The lowest BCUT2D eigenvalue weighted by Crippen LogP contribution is -1.94. The Kier molecular flexibility index (Phi) is 5.76. The summed E-state index contributed by atoms with van der Waals surface area (Å²) in [6.07, 6.45) is 7.67. The third-order valence-electron chi connectivity index (χ3n) is 5.95. The van der Waals surface area contributed by atoms with Crippen LogP contribution in [0.2, 0.25) is 0 Å². The second kappa shape index (κ2) is 8.62. The Hall–Kier alpha value is -2.92. The quantitative estimate of drug-likeness (QED) is 0.304. The Bertz CT molecular complexity index is 1060. The summed E-state index contributed by atoms with van der Waals surface area (Å²) in [4.78, 5) is 0. The molecule has 146 valence electrons. The maximum atomic E-state index is 14.7. The van der Waals surface area contributed by atoms with Crippen molar-refractivity contribution in [2.45, 2.75) is 51.9 Å². The SMILES string of the molecule is CCCCCCCc1cc2c(cc1F)-c1ccc(-c3ccc(C#N)cc3)cc1C2. The van der Waals surface area contributed by atoms with Crippen LogP contribution in [0.15, 0.2) is 54.6 Å². The Morgan fingerprint density at radius 1 is 0.828 bits per heavy atom. The molecule has 0 saturated heterocycles. The first-order valence-corrected chi connectivity index (χ1v) is 10.6. The fourth-order valence-corrected chi connectivity index (χ4v) is 4.30. The highest BCUT2D eigenvalue weighted by atomic mass is 19.1. The number of nitrogens with zero attached hydrogens (tertiary/aromatic N) is 1. The zero-order chi connectivity index (χ0) is 20.2. The van der Waals surface area contributed by atoms with Crippen LogP contribution >= 0.6 is 0 Å². The third-order valence-corrected chi connectivity index (χ3v) is 5.95. The molecule has 0 fully saturated rings. The fourth-order valence-electron chi connectivity index (χ4n) is 4.30. The number of nitriles is 1. The lowest BCUT2D eigenvalue weighted by molar-refractivity contribution is 0.587. The second-order valence-corrected chi connectivity index (χ2v) is 8.00. The van der Waals surface area contributed by atoms with Crippen LogP contribution in [0.1, 0.15) is 61.3 Å². The third kappa shape index (κ3) is 4.10. The van der Waals surface area contributed by atoms with Crippen LogP contribution in [0.5, 0.6) is 0 Å². The molecular weight excluding hydrogens is 357 g/mol. The molecule has 2 heteroatoms. The summed E-state index contributed by atoms with van der Waals surface area (Å²) in [6, 6.07) is 20.1. The van der Waals surface area contributed by atoms with Gasteiger partial charge >= 0.3 is 0 Å². The first-order chi connectivity index (χ1) is 14.2. The predicted molar refractivity (Wildman–Crippen MR) is 117 cm³/mol. The van der Waals surface area contributed by atoms with Crippen LogP contribution in [-0.4, -0.2) is 0 Å². The number of aryl methyl sites for hydroxylation is 1. The van der Waals surface area contributed by atoms with E-state index in [1.165, 1.54) is 36.8 Å². The summed E-state index contributed by atoms with van der Waals surface area (Å²) in [6.45, 7) is 2.21. The van der Waals surface area contributed by atoms with Crippen LogP contribution < -0.4 is 0 Å². The highest BCUT2D eigenvalue weighted by molar-refractivity contribution is 5.80. The molecule has 0 heterocycles. The Morgan fingerprint density at radius 3 is 2.31 bits per heavy atom. The van der Waals surface area contributed by atoms with E-state index in [2.05, 4.69) is 37.3 Å². The van der Waals surface area contributed by atoms with Crippen LogP contribution in [0, 0.1) is 17.1 Å². The highest BCUT2D eigenvalue weighted by Crippen LogP contribution is 2.40. The van der Waals surface area contributed by atoms with Gasteiger partial charge in [0.1, 0.15) is 5.82 Å². The predicted octanol–water partition coefficient (Wildman–Crippen LogP) is 7.45. The van der Waals surface area contributed by atoms with Crippen LogP contribution in [0.3, 0.4) is 0 Å². The van der Waals surface area contributed by atoms with Gasteiger partial charge in [-0.15, -0.1) is 0 Å². The van der Waals surface area contributed by atoms with E-state index in [0.717, 1.165) is 47.1 Å². The molecule has 0 unspecified atom stereocenters. The van der Waals surface area contributed by atoms with Gasteiger partial charge in [0, 0.05) is 0 Å². The van der Waals surface area contributed by atoms with Gasteiger partial charge in [-0.3, -0.25) is 0 Å². The van der Waals surface area contributed by atoms with Crippen molar-refractivity contribution in [2.75, 3.05) is 0 Å². The minimum Gasteiger partial charge on any atom is -0.207 e. The molecule has 29 heavy (non-hydrogen) atoms. The minimum absolute atomic E-state index is 0.0664. The van der Waals surface area contributed by atoms with Gasteiger partial charge in [0.15, 0.2) is 0 Å². The van der Waals surface area contributed by atoms with E-state index < -0.39 is 0 Å². The average molecular weight is 384 g/mol. The molecule has 0 aliphatic heterocycles. The molecule has 0 spiro atoms. The smallest absolute Gasteiger partial charge is 0.127 e. The molecule has 0 aromatic heterocycles. The van der Waals surface area contributed by atoms with Gasteiger partial charge in [-0.25, -0.2) is 4.39 Å². The van der Waals surface area contributed by atoms with Gasteiger partial charge in [-0.2, -0.15) is 5.26 Å². The topological polar surface area (TPSA) is 23.8 Å². The van der Waals surface area contributed by atoms with Crippen LogP contribution in [-0.2, 0) is 12.8 Å². The molecular formula is C27H26FN. The van der Waals surface area contributed by atoms with Crippen molar-refractivity contribution in [1.82, 2.24) is 0 Å². The Balaban J connectivity index is 1.54. The minimum atomic E-state index is -0.0664. The summed E-state index contributed by atoms with van der Waals surface area (Å²) in [5, 5.41) is 8.98. The largest absolute Gasteiger partial charge is 0.207 e. The fraction of sp³-hybridized carbons (Fsp3) is 0.296. The van der Waals surface area contributed by atoms with Gasteiger partial charge in [-0.1, -0.05) is 69.0 Å². The van der Waals surface area contributed by atoms with E-state index in [9.17, 15) is 4.39 Å². The van der Waals surface area contributed by atoms with Crippen molar-refractivity contribution >= 4 is 0 Å². The van der Waals surface area contributed by atoms with Gasteiger partial charge in [-0.05, 0) is 76.4 Å². The van der Waals surface area contributed by atoms with Gasteiger partial charge in [0.05, 0.1) is 11.6 Å². The summed E-state index contributed by atoms with van der Waals surface area (Å²) in [7, 11) is 0. The molecule has 0 radical (unpaired) electrons. The number of unbranched alkanes of at least 4 members (excludes halogenated alkanes) is 4. The van der Waals surface area contributed by atoms with Crippen LogP contribution in [0.25, 0.3) is 22.3 Å². The molecule has 0 atom stereocenters. The van der Waals surface area contributed by atoms with E-state index in [0.29, 0.717) is 5.56 Å². The zero-order valence-electron chi connectivity index (χ0n) is 17.0. The molecule has 3 aromatic carbocycles. The summed E-state index contributed by atoms with van der Waals surface area (Å²) < 4.78 is 14.7. The molecule has 1 aliphatic carbocycles. The van der Waals surface area contributed by atoms with E-state index in [1.807, 2.05) is 24.3 Å². The van der Waals surface area contributed by atoms with Gasteiger partial charge in [0.2, 0.25) is 0 Å². The summed E-state index contributed by atoms with van der Waals surface area (Å²) in [5.74, 6) is -0.0664. The van der Waals surface area contributed by atoms with Gasteiger partial charge in [0.25, 0.3) is 0 Å². The van der Waals surface area contributed by atoms with Crippen molar-refractivity contribution in [1.29, 1.82) is 5.26 Å². The summed E-state index contributed by atoms with van der Waals surface area (Å²) in [5.41, 5.74) is 8.44. The van der Waals surface area contributed by atoms with Crippen molar-refractivity contribution in [2.24, 2.45) is 0 Å². The second-order valence-electron chi connectivity index (χ2n) is 8.00. The number of fused-ring (bicyclic) bond motifs is 3. The Labute approximate surface area is 172 Å². The molecule has 3 aromatic rings. The van der Waals surface area contributed by atoms with Crippen molar-refractivity contribution in [3.63, 3.8) is 0 Å². The summed E-state index contributed by atoms with van der Waals surface area (Å²) >= 11 is 0. The lowest BCUT2D eigenvalue weighted by Gasteiger charge is -2.08. The molecule has 1 nitrogen and oxygen atoms in total. The molecule has 0 amide bonds. The number of hydrogen-bond acceptors (Lipinski definition) is 1. The number of halogens is 1. The van der Waals surface area contributed by atoms with E-state index in [-0.39, 0.29) is 5.82 Å². The maximum absolute atomic E-state index is 14.7. The standard InChI is InChI=1S/C27H26FN/c1-2-3-4-5-6-7-22-15-24-16-23-14-21(20-10-8-19(18-29)9-11-20)12-13-25(23)26(24)17-27(22)28/h8-15,17H,2-7,16H2,1H3. The molecule has 0 N–H and O–H groups in total. The average Bonchev–Trinajstić information content (AvgIpc) is 3.10. The number of hydrogen-bond donors (Lipinski definition) is 0. The van der Waals surface area contributed by atoms with Crippen molar-refractivity contribution < 1.29 is 4.39 Å². The first kappa shape index (κ1) is 19.4. The molecule has 4 rings (SSSR count). The van der Waals surface area contributed by atoms with Crippen LogP contribution in [0.4, 0.5) is 4.39 Å². The van der Waals surface area contributed by atoms with E-state index in [1.54, 1.807) is 6.07 Å². The molecule has 0 bridgehead atoms. The van der Waals surface area contributed by atoms with E-state index in [4.69, 9.17) is 5.26 Å². The Morgan fingerprint density at radius 2 is 1.55 bits per heavy atom. The zero-order valence-corrected chi connectivity index (χ0v) is 17.0. The monoisotopic (exact) mass is 383 g/mol. The number of rotatable bonds is 7. The molecule has 0 saturated carbocycles. The van der Waals surface area contributed by atoms with E-state index >= 15 is 0 Å². The van der Waals surface area contributed by atoms with Crippen molar-refractivity contribution in [3.8, 4) is 28.3 Å². The first-order valence-electron chi connectivity index (χ1n) is 10.6. The van der Waals surface area contributed by atoms with Gasteiger partial charge < -0.3 is 0 Å². The van der Waals surface area contributed by atoms with Crippen molar-refractivity contribution in [3.05, 3.63) is 82.7 Å².